The summed E-state index contributed by atoms with van der Waals surface area (Å²) in [4.78, 5) is 1.70. The number of rotatable bonds is 4. The van der Waals surface area contributed by atoms with Crippen LogP contribution in [0.5, 0.6) is 11.5 Å². The first-order valence-electron chi connectivity index (χ1n) is 8.83. The third-order valence-corrected chi connectivity index (χ3v) is 6.48. The summed E-state index contributed by atoms with van der Waals surface area (Å²) >= 11 is 0. The first-order chi connectivity index (χ1) is 12.0. The van der Waals surface area contributed by atoms with E-state index in [-0.39, 0.29) is 4.90 Å². The van der Waals surface area contributed by atoms with Gasteiger partial charge in [-0.2, -0.15) is 4.31 Å². The van der Waals surface area contributed by atoms with E-state index in [1.54, 1.807) is 22.5 Å². The van der Waals surface area contributed by atoms with Crippen LogP contribution < -0.4 is 14.4 Å². The number of allylic oxidation sites excluding steroid dienone is 1. The Morgan fingerprint density at radius 3 is 2.52 bits per heavy atom. The van der Waals surface area contributed by atoms with E-state index in [9.17, 15) is 8.42 Å². The maximum atomic E-state index is 12.9. The summed E-state index contributed by atoms with van der Waals surface area (Å²) in [5.74, 6) is 1.14. The van der Waals surface area contributed by atoms with E-state index >= 15 is 0 Å². The Hall–Kier alpha value is -1.57. The first kappa shape index (κ1) is 18.2. The van der Waals surface area contributed by atoms with Gasteiger partial charge < -0.3 is 14.4 Å². The number of ether oxygens (including phenoxy) is 2. The Morgan fingerprint density at radius 2 is 1.84 bits per heavy atom. The molecule has 2 aliphatic heterocycles. The predicted molar refractivity (Wildman–Crippen MR) is 95.8 cm³/mol. The van der Waals surface area contributed by atoms with Gasteiger partial charge in [-0.1, -0.05) is 5.57 Å². The van der Waals surface area contributed by atoms with Gasteiger partial charge in [-0.15, -0.1) is 0 Å². The molecule has 0 atom stereocenters. The molecule has 0 unspecified atom stereocenters. The molecule has 1 fully saturated rings. The number of nitrogens with one attached hydrogen (secondary N) is 1. The average Bonchev–Trinajstić information content (AvgIpc) is 2.85. The molecule has 0 radical (unpaired) electrons. The lowest BCUT2D eigenvalue weighted by molar-refractivity contribution is -0.897. The van der Waals surface area contributed by atoms with Gasteiger partial charge in [0.25, 0.3) is 0 Å². The van der Waals surface area contributed by atoms with E-state index < -0.39 is 10.0 Å². The van der Waals surface area contributed by atoms with Crippen LogP contribution in [0.2, 0.25) is 0 Å². The SMILES string of the molecule is CC(C)=CC[NH+]1CCN(S(=O)(=O)c2ccc3c(c2)OCCCO3)CC1. The molecule has 138 valence electrons. The highest BCUT2D eigenvalue weighted by atomic mass is 32.2. The van der Waals surface area contributed by atoms with Crippen molar-refractivity contribution in [2.45, 2.75) is 25.2 Å². The fraction of sp³-hybridized carbons (Fsp3) is 0.556. The molecular formula is C18H27N2O4S+. The van der Waals surface area contributed by atoms with Crippen molar-refractivity contribution in [3.63, 3.8) is 0 Å². The fourth-order valence-corrected chi connectivity index (χ4v) is 4.51. The molecule has 0 saturated carbocycles. The first-order valence-corrected chi connectivity index (χ1v) is 10.3. The smallest absolute Gasteiger partial charge is 0.243 e. The van der Waals surface area contributed by atoms with Crippen LogP contribution >= 0.6 is 0 Å². The number of sulfonamides is 1. The van der Waals surface area contributed by atoms with E-state index in [4.69, 9.17) is 9.47 Å². The normalized spacial score (nSPS) is 19.3. The van der Waals surface area contributed by atoms with Crippen LogP contribution in [0.3, 0.4) is 0 Å². The molecule has 0 aromatic heterocycles. The molecule has 3 rings (SSSR count). The highest BCUT2D eigenvalue weighted by Gasteiger charge is 2.31. The third kappa shape index (κ3) is 4.34. The van der Waals surface area contributed by atoms with E-state index in [1.165, 1.54) is 10.5 Å². The van der Waals surface area contributed by atoms with Crippen LogP contribution in [-0.4, -0.2) is 58.7 Å². The molecule has 2 heterocycles. The maximum Gasteiger partial charge on any atom is 0.243 e. The summed E-state index contributed by atoms with van der Waals surface area (Å²) in [6, 6.07) is 4.91. The van der Waals surface area contributed by atoms with Crippen molar-refractivity contribution in [3.05, 3.63) is 29.8 Å². The molecule has 1 aromatic rings. The zero-order valence-corrected chi connectivity index (χ0v) is 15.8. The van der Waals surface area contributed by atoms with Gasteiger partial charge in [-0.3, -0.25) is 0 Å². The summed E-state index contributed by atoms with van der Waals surface area (Å²) in [7, 11) is -3.49. The van der Waals surface area contributed by atoms with Gasteiger partial charge in [0.2, 0.25) is 10.0 Å². The molecule has 0 aliphatic carbocycles. The van der Waals surface area contributed by atoms with Gasteiger partial charge in [0, 0.05) is 12.5 Å². The molecule has 1 aromatic carbocycles. The van der Waals surface area contributed by atoms with Crippen LogP contribution in [-0.2, 0) is 10.0 Å². The molecule has 25 heavy (non-hydrogen) atoms. The summed E-state index contributed by atoms with van der Waals surface area (Å²) in [5.41, 5.74) is 1.30. The summed E-state index contributed by atoms with van der Waals surface area (Å²) in [6.45, 7) is 9.01. The molecule has 6 nitrogen and oxygen atoms in total. The predicted octanol–water partition coefficient (Wildman–Crippen LogP) is 0.703. The van der Waals surface area contributed by atoms with Gasteiger partial charge >= 0.3 is 0 Å². The van der Waals surface area contributed by atoms with Crippen LogP contribution in [0.15, 0.2) is 34.7 Å². The minimum absolute atomic E-state index is 0.282. The number of hydrogen-bond acceptors (Lipinski definition) is 4. The zero-order valence-electron chi connectivity index (χ0n) is 15.0. The van der Waals surface area contributed by atoms with Gasteiger partial charge in [0.05, 0.1) is 50.8 Å². The highest BCUT2D eigenvalue weighted by molar-refractivity contribution is 7.89. The molecule has 1 N–H and O–H groups in total. The second kappa shape index (κ2) is 7.76. The Bertz CT molecular complexity index is 733. The number of hydrogen-bond donors (Lipinski definition) is 1. The average molecular weight is 367 g/mol. The molecule has 0 spiro atoms. The van der Waals surface area contributed by atoms with Gasteiger partial charge in [0.1, 0.15) is 0 Å². The van der Waals surface area contributed by atoms with Crippen LogP contribution in [0.1, 0.15) is 20.3 Å². The Labute approximate surface area is 150 Å². The van der Waals surface area contributed by atoms with Crippen molar-refractivity contribution >= 4 is 10.0 Å². The van der Waals surface area contributed by atoms with Crippen molar-refractivity contribution in [1.82, 2.24) is 4.31 Å². The third-order valence-electron chi connectivity index (χ3n) is 4.59. The lowest BCUT2D eigenvalue weighted by Gasteiger charge is -2.31. The molecular weight excluding hydrogens is 340 g/mol. The standard InChI is InChI=1S/C18H26N2O4S/c1-15(2)6-7-19-8-10-20(11-9-19)25(21,22)16-4-5-17-18(14-16)24-13-3-12-23-17/h4-6,14H,3,7-13H2,1-2H3/p+1. The number of quaternary nitrogens is 1. The number of benzene rings is 1. The van der Waals surface area contributed by atoms with Crippen LogP contribution in [0.4, 0.5) is 0 Å². The van der Waals surface area contributed by atoms with Crippen molar-refractivity contribution < 1.29 is 22.8 Å². The minimum atomic E-state index is -3.49. The molecule has 1 saturated heterocycles. The monoisotopic (exact) mass is 367 g/mol. The minimum Gasteiger partial charge on any atom is -0.490 e. The number of piperazine rings is 1. The van der Waals surface area contributed by atoms with E-state index in [2.05, 4.69) is 19.9 Å². The Morgan fingerprint density at radius 1 is 1.16 bits per heavy atom. The topological polar surface area (TPSA) is 60.3 Å². The van der Waals surface area contributed by atoms with Gasteiger partial charge in [-0.25, -0.2) is 8.42 Å². The zero-order chi connectivity index (χ0) is 17.9. The summed E-state index contributed by atoms with van der Waals surface area (Å²) in [6.07, 6.45) is 3.01. The Kier molecular flexibility index (Phi) is 5.66. The molecule has 2 aliphatic rings. The highest BCUT2D eigenvalue weighted by Crippen LogP contribution is 2.32. The van der Waals surface area contributed by atoms with Crippen molar-refractivity contribution in [2.24, 2.45) is 0 Å². The van der Waals surface area contributed by atoms with Crippen molar-refractivity contribution in [3.8, 4) is 11.5 Å². The Balaban J connectivity index is 1.70. The van der Waals surface area contributed by atoms with Gasteiger partial charge in [0.15, 0.2) is 11.5 Å². The fourth-order valence-electron chi connectivity index (χ4n) is 3.05. The van der Waals surface area contributed by atoms with E-state index in [1.807, 2.05) is 0 Å². The molecule has 7 heteroatoms. The largest absolute Gasteiger partial charge is 0.490 e. The maximum absolute atomic E-state index is 12.9. The van der Waals surface area contributed by atoms with E-state index in [0.717, 1.165) is 26.1 Å². The lowest BCUT2D eigenvalue weighted by atomic mass is 10.3. The number of fused-ring (bicyclic) bond motifs is 1. The summed E-state index contributed by atoms with van der Waals surface area (Å²) < 4.78 is 38.7. The molecule has 0 bridgehead atoms. The second-order valence-corrected chi connectivity index (χ2v) is 8.74. The van der Waals surface area contributed by atoms with Gasteiger partial charge in [-0.05, 0) is 32.1 Å². The van der Waals surface area contributed by atoms with Crippen molar-refractivity contribution in [2.75, 3.05) is 45.9 Å². The van der Waals surface area contributed by atoms with Crippen LogP contribution in [0.25, 0.3) is 0 Å². The second-order valence-electron chi connectivity index (χ2n) is 6.80. The number of nitrogens with zero attached hydrogens (tertiary/aromatic N) is 1. The lowest BCUT2D eigenvalue weighted by Crippen LogP contribution is -3.14. The van der Waals surface area contributed by atoms with Crippen molar-refractivity contribution in [1.29, 1.82) is 0 Å². The quantitative estimate of drug-likeness (QED) is 0.796. The van der Waals surface area contributed by atoms with Crippen LogP contribution in [0, 0.1) is 0 Å². The summed E-state index contributed by atoms with van der Waals surface area (Å²) in [5, 5.41) is 0. The van der Waals surface area contributed by atoms with E-state index in [0.29, 0.717) is 37.8 Å². The molecule has 0 amide bonds.